The summed E-state index contributed by atoms with van der Waals surface area (Å²) in [5, 5.41) is 0. The highest BCUT2D eigenvalue weighted by Gasteiger charge is 2.00. The highest BCUT2D eigenvalue weighted by molar-refractivity contribution is 5.43. The second-order valence-electron chi connectivity index (χ2n) is 2.26. The Balaban J connectivity index is 3.02. The summed E-state index contributed by atoms with van der Waals surface area (Å²) in [7, 11) is 1.89. The second-order valence-corrected chi connectivity index (χ2v) is 2.26. The molecule has 3 heteroatoms. The number of aryl methyl sites for hydroxylation is 1. The Kier molecular flexibility index (Phi) is 2.21. The second kappa shape index (κ2) is 3.14. The van der Waals surface area contributed by atoms with Gasteiger partial charge in [0.1, 0.15) is 0 Å². The first-order chi connectivity index (χ1) is 5.25. The molecule has 1 heterocycles. The first-order valence-electron chi connectivity index (χ1n) is 3.38. The third-order valence-electron chi connectivity index (χ3n) is 1.46. The summed E-state index contributed by atoms with van der Waals surface area (Å²) in [6.07, 6.45) is 5.05. The van der Waals surface area contributed by atoms with Gasteiger partial charge in [0.15, 0.2) is 5.82 Å². The summed E-state index contributed by atoms with van der Waals surface area (Å²) in [5.74, 6) is 0.850. The van der Waals surface area contributed by atoms with Crippen LogP contribution in [-0.4, -0.2) is 17.0 Å². The minimum Gasteiger partial charge on any atom is -0.335 e. The Hall–Kier alpha value is -1.38. The van der Waals surface area contributed by atoms with Gasteiger partial charge in [-0.1, -0.05) is 6.58 Å². The smallest absolute Gasteiger partial charge is 0.153 e. The lowest BCUT2D eigenvalue weighted by atomic mass is 10.4. The van der Waals surface area contributed by atoms with Crippen LogP contribution in [0, 0.1) is 6.92 Å². The van der Waals surface area contributed by atoms with Crippen molar-refractivity contribution in [1.82, 2.24) is 9.97 Å². The van der Waals surface area contributed by atoms with Crippen LogP contribution in [0.5, 0.6) is 0 Å². The van der Waals surface area contributed by atoms with E-state index in [0.29, 0.717) is 0 Å². The molecule has 0 bridgehead atoms. The average Bonchev–Trinajstić information content (AvgIpc) is 2.04. The van der Waals surface area contributed by atoms with Gasteiger partial charge in [-0.3, -0.25) is 4.98 Å². The van der Waals surface area contributed by atoms with Crippen LogP contribution in [0.1, 0.15) is 5.69 Å². The van der Waals surface area contributed by atoms with Gasteiger partial charge in [-0.15, -0.1) is 0 Å². The molecule has 0 saturated heterocycles. The van der Waals surface area contributed by atoms with Crippen molar-refractivity contribution >= 4 is 5.82 Å². The molecular weight excluding hydrogens is 138 g/mol. The van der Waals surface area contributed by atoms with Crippen molar-refractivity contribution in [2.75, 3.05) is 11.9 Å². The first-order valence-corrected chi connectivity index (χ1v) is 3.38. The van der Waals surface area contributed by atoms with E-state index in [0.717, 1.165) is 11.5 Å². The van der Waals surface area contributed by atoms with E-state index >= 15 is 0 Å². The van der Waals surface area contributed by atoms with Crippen LogP contribution in [0.4, 0.5) is 5.82 Å². The average molecular weight is 149 g/mol. The van der Waals surface area contributed by atoms with Gasteiger partial charge in [-0.25, -0.2) is 4.98 Å². The molecule has 0 saturated carbocycles. The molecule has 0 aliphatic rings. The highest BCUT2D eigenvalue weighted by Crippen LogP contribution is 2.10. The van der Waals surface area contributed by atoms with Crippen LogP contribution >= 0.6 is 0 Å². The summed E-state index contributed by atoms with van der Waals surface area (Å²) < 4.78 is 0. The van der Waals surface area contributed by atoms with Crippen molar-refractivity contribution in [3.05, 3.63) is 30.9 Å². The lowest BCUT2D eigenvalue weighted by Gasteiger charge is -2.12. The van der Waals surface area contributed by atoms with Gasteiger partial charge in [0.25, 0.3) is 0 Å². The molecule has 58 valence electrons. The molecule has 0 spiro atoms. The fourth-order valence-corrected chi connectivity index (χ4v) is 0.833. The zero-order valence-electron chi connectivity index (χ0n) is 6.78. The zero-order valence-corrected chi connectivity index (χ0v) is 6.78. The van der Waals surface area contributed by atoms with Crippen LogP contribution in [-0.2, 0) is 0 Å². The standard InChI is InChI=1S/C8H11N3/c1-4-11(3)8-7(2)9-5-6-10-8/h4-6H,1H2,2-3H3. The Bertz CT molecular complexity index is 257. The number of anilines is 1. The minimum atomic E-state index is 0.850. The van der Waals surface area contributed by atoms with Gasteiger partial charge < -0.3 is 4.90 Å². The van der Waals surface area contributed by atoms with Crippen LogP contribution in [0.15, 0.2) is 25.2 Å². The van der Waals surface area contributed by atoms with E-state index in [-0.39, 0.29) is 0 Å². The van der Waals surface area contributed by atoms with Gasteiger partial charge >= 0.3 is 0 Å². The van der Waals surface area contributed by atoms with Crippen LogP contribution in [0.25, 0.3) is 0 Å². The molecule has 0 fully saturated rings. The van der Waals surface area contributed by atoms with Crippen LogP contribution in [0.3, 0.4) is 0 Å². The Morgan fingerprint density at radius 1 is 1.45 bits per heavy atom. The van der Waals surface area contributed by atoms with E-state index in [9.17, 15) is 0 Å². The van der Waals surface area contributed by atoms with Gasteiger partial charge in [-0.05, 0) is 13.1 Å². The predicted molar refractivity (Wildman–Crippen MR) is 45.4 cm³/mol. The normalized spacial score (nSPS) is 9.27. The molecule has 0 aliphatic heterocycles. The fraction of sp³-hybridized carbons (Fsp3) is 0.250. The lowest BCUT2D eigenvalue weighted by molar-refractivity contribution is 1.04. The van der Waals surface area contributed by atoms with Gasteiger partial charge in [0.05, 0.1) is 5.69 Å². The number of hydrogen-bond donors (Lipinski definition) is 0. The molecular formula is C8H11N3. The number of nitrogens with zero attached hydrogens (tertiary/aromatic N) is 3. The van der Waals surface area contributed by atoms with Crippen LogP contribution in [0.2, 0.25) is 0 Å². The summed E-state index contributed by atoms with van der Waals surface area (Å²) >= 11 is 0. The van der Waals surface area contributed by atoms with Crippen molar-refractivity contribution in [2.24, 2.45) is 0 Å². The summed E-state index contributed by atoms with van der Waals surface area (Å²) in [5.41, 5.74) is 0.912. The summed E-state index contributed by atoms with van der Waals surface area (Å²) in [4.78, 5) is 10.1. The maximum Gasteiger partial charge on any atom is 0.153 e. The number of rotatable bonds is 2. The lowest BCUT2D eigenvalue weighted by Crippen LogP contribution is -2.11. The molecule has 1 aromatic rings. The topological polar surface area (TPSA) is 29.0 Å². The molecule has 0 aromatic carbocycles. The first kappa shape index (κ1) is 7.72. The quantitative estimate of drug-likeness (QED) is 0.635. The molecule has 0 amide bonds. The third-order valence-corrected chi connectivity index (χ3v) is 1.46. The molecule has 11 heavy (non-hydrogen) atoms. The molecule has 1 rings (SSSR count). The van der Waals surface area contributed by atoms with E-state index in [1.54, 1.807) is 18.6 Å². The van der Waals surface area contributed by atoms with Crippen LogP contribution < -0.4 is 4.90 Å². The van der Waals surface area contributed by atoms with E-state index < -0.39 is 0 Å². The fourth-order valence-electron chi connectivity index (χ4n) is 0.833. The van der Waals surface area contributed by atoms with Crippen molar-refractivity contribution in [2.45, 2.75) is 6.92 Å². The summed E-state index contributed by atoms with van der Waals surface area (Å²) in [6.45, 7) is 5.56. The van der Waals surface area contributed by atoms with Crippen molar-refractivity contribution in [3.63, 3.8) is 0 Å². The third kappa shape index (κ3) is 1.55. The monoisotopic (exact) mass is 149 g/mol. The molecule has 0 N–H and O–H groups in total. The minimum absolute atomic E-state index is 0.850. The van der Waals surface area contributed by atoms with Gasteiger partial charge in [0.2, 0.25) is 0 Å². The number of hydrogen-bond acceptors (Lipinski definition) is 3. The largest absolute Gasteiger partial charge is 0.335 e. The molecule has 0 atom stereocenters. The van der Waals surface area contributed by atoms with E-state index in [1.807, 2.05) is 18.9 Å². The maximum atomic E-state index is 4.14. The zero-order chi connectivity index (χ0) is 8.27. The molecule has 0 aliphatic carbocycles. The van der Waals surface area contributed by atoms with Crippen molar-refractivity contribution in [3.8, 4) is 0 Å². The maximum absolute atomic E-state index is 4.14. The van der Waals surface area contributed by atoms with E-state index in [2.05, 4.69) is 16.5 Å². The SMILES string of the molecule is C=CN(C)c1nccnc1C. The Morgan fingerprint density at radius 3 is 2.64 bits per heavy atom. The van der Waals surface area contributed by atoms with Crippen molar-refractivity contribution < 1.29 is 0 Å². The Morgan fingerprint density at radius 2 is 2.09 bits per heavy atom. The molecule has 3 nitrogen and oxygen atoms in total. The predicted octanol–water partition coefficient (Wildman–Crippen LogP) is 1.36. The summed E-state index contributed by atoms with van der Waals surface area (Å²) in [6, 6.07) is 0. The van der Waals surface area contributed by atoms with Gasteiger partial charge in [-0.2, -0.15) is 0 Å². The number of aromatic nitrogens is 2. The Labute approximate surface area is 66.4 Å². The molecule has 0 unspecified atom stereocenters. The molecule has 1 aromatic heterocycles. The highest BCUT2D eigenvalue weighted by atomic mass is 15.2. The van der Waals surface area contributed by atoms with E-state index in [1.165, 1.54) is 0 Å². The van der Waals surface area contributed by atoms with E-state index in [4.69, 9.17) is 0 Å². The van der Waals surface area contributed by atoms with Crippen molar-refractivity contribution in [1.29, 1.82) is 0 Å². The van der Waals surface area contributed by atoms with Gasteiger partial charge in [0, 0.05) is 19.4 Å². The molecule has 0 radical (unpaired) electrons.